The topological polar surface area (TPSA) is 120 Å². The second-order valence-corrected chi connectivity index (χ2v) is 13.1. The zero-order valence-corrected chi connectivity index (χ0v) is 28.9. The van der Waals surface area contributed by atoms with E-state index in [4.69, 9.17) is 14.7 Å². The lowest BCUT2D eigenvalue weighted by Crippen LogP contribution is -2.45. The summed E-state index contributed by atoms with van der Waals surface area (Å²) >= 11 is 0. The molecule has 1 atom stereocenters. The molecule has 248 valence electrons. The number of fused-ring (bicyclic) bond motifs is 2. The second-order valence-electron chi connectivity index (χ2n) is 13.1. The van der Waals surface area contributed by atoms with Gasteiger partial charge in [-0.1, -0.05) is 12.0 Å². The van der Waals surface area contributed by atoms with Crippen LogP contribution in [-0.2, 0) is 16.6 Å². The number of aromatic nitrogens is 6. The number of likely N-dealkylation sites (N-methyl/N-ethyl adjacent to an activating group) is 1. The minimum absolute atomic E-state index is 0.287. The largest absolute Gasteiger partial charge is 0.444 e. The van der Waals surface area contributed by atoms with E-state index in [0.717, 1.165) is 55.8 Å². The van der Waals surface area contributed by atoms with Crippen molar-refractivity contribution in [3.8, 4) is 34.4 Å². The SMILES string of the molecule is Cc1ccn2c(-c3ccc(NC(=O)C(C)N(C)C(=O)OC(C)(C)C)nc3C#Cc3ccc4c(C)nccc4c3)c(-c3cnn(C)c3)nc2c1. The van der Waals surface area contributed by atoms with Crippen LogP contribution in [0.25, 0.3) is 38.9 Å². The van der Waals surface area contributed by atoms with Gasteiger partial charge in [-0.15, -0.1) is 0 Å². The maximum absolute atomic E-state index is 13.4. The molecule has 2 amide bonds. The summed E-state index contributed by atoms with van der Waals surface area (Å²) < 4.78 is 9.20. The second kappa shape index (κ2) is 12.9. The monoisotopic (exact) mass is 654 g/mol. The molecule has 1 aromatic carbocycles. The molecule has 0 aliphatic heterocycles. The lowest BCUT2D eigenvalue weighted by Gasteiger charge is -2.28. The minimum Gasteiger partial charge on any atom is -0.444 e. The summed E-state index contributed by atoms with van der Waals surface area (Å²) in [6, 6.07) is 14.8. The number of benzene rings is 1. The summed E-state index contributed by atoms with van der Waals surface area (Å²) in [6.07, 6.45) is 6.86. The van der Waals surface area contributed by atoms with Gasteiger partial charge in [-0.2, -0.15) is 5.10 Å². The minimum atomic E-state index is -0.833. The number of ether oxygens (including phenoxy) is 1. The van der Waals surface area contributed by atoms with Crippen LogP contribution in [0.3, 0.4) is 0 Å². The third-order valence-corrected chi connectivity index (χ3v) is 8.09. The lowest BCUT2D eigenvalue weighted by molar-refractivity contribution is -0.120. The van der Waals surface area contributed by atoms with Crippen molar-refractivity contribution in [2.75, 3.05) is 12.4 Å². The number of aryl methyl sites for hydroxylation is 3. The molecule has 0 bridgehead atoms. The molecule has 0 radical (unpaired) electrons. The van der Waals surface area contributed by atoms with Crippen molar-refractivity contribution >= 4 is 34.2 Å². The predicted molar refractivity (Wildman–Crippen MR) is 190 cm³/mol. The van der Waals surface area contributed by atoms with Crippen LogP contribution >= 0.6 is 0 Å². The molecule has 1 N–H and O–H groups in total. The fourth-order valence-corrected chi connectivity index (χ4v) is 5.40. The van der Waals surface area contributed by atoms with Gasteiger partial charge in [0.1, 0.15) is 34.5 Å². The Kier molecular flexibility index (Phi) is 8.65. The Hall–Kier alpha value is -6.02. The molecule has 11 heteroatoms. The summed E-state index contributed by atoms with van der Waals surface area (Å²) in [6.45, 7) is 11.0. The molecule has 0 aliphatic carbocycles. The maximum atomic E-state index is 13.4. The normalized spacial score (nSPS) is 12.0. The van der Waals surface area contributed by atoms with Crippen LogP contribution in [0.2, 0.25) is 0 Å². The highest BCUT2D eigenvalue weighted by Gasteiger charge is 2.28. The molecule has 0 aliphatic rings. The van der Waals surface area contributed by atoms with Crippen molar-refractivity contribution in [3.63, 3.8) is 0 Å². The molecule has 6 rings (SSSR count). The molecule has 5 heterocycles. The number of nitrogens with zero attached hydrogens (tertiary/aromatic N) is 7. The van der Waals surface area contributed by atoms with Gasteiger partial charge in [0.05, 0.1) is 11.9 Å². The van der Waals surface area contributed by atoms with Crippen molar-refractivity contribution < 1.29 is 14.3 Å². The zero-order valence-electron chi connectivity index (χ0n) is 28.9. The summed E-state index contributed by atoms with van der Waals surface area (Å²) in [7, 11) is 3.39. The quantitative estimate of drug-likeness (QED) is 0.209. The number of nitrogens with one attached hydrogen (secondary N) is 1. The van der Waals surface area contributed by atoms with E-state index in [-0.39, 0.29) is 5.82 Å². The van der Waals surface area contributed by atoms with E-state index >= 15 is 0 Å². The Morgan fingerprint density at radius 1 is 1.02 bits per heavy atom. The van der Waals surface area contributed by atoms with Gasteiger partial charge in [0.25, 0.3) is 0 Å². The van der Waals surface area contributed by atoms with Crippen LogP contribution in [0.5, 0.6) is 0 Å². The summed E-state index contributed by atoms with van der Waals surface area (Å²) in [5, 5.41) is 9.35. The molecule has 6 aromatic rings. The number of amides is 2. The molecule has 0 fully saturated rings. The number of anilines is 1. The molecule has 1 unspecified atom stereocenters. The highest BCUT2D eigenvalue weighted by atomic mass is 16.6. The number of hydrogen-bond donors (Lipinski definition) is 1. The van der Waals surface area contributed by atoms with Crippen molar-refractivity contribution in [2.45, 2.75) is 53.2 Å². The summed E-state index contributed by atoms with van der Waals surface area (Å²) in [4.78, 5) is 41.5. The van der Waals surface area contributed by atoms with Crippen LogP contribution < -0.4 is 5.32 Å². The van der Waals surface area contributed by atoms with Crippen LogP contribution in [-0.4, -0.2) is 64.7 Å². The molecule has 0 saturated carbocycles. The van der Waals surface area contributed by atoms with Gasteiger partial charge in [-0.05, 0) is 101 Å². The van der Waals surface area contributed by atoms with Gasteiger partial charge >= 0.3 is 6.09 Å². The Balaban J connectivity index is 1.45. The first-order chi connectivity index (χ1) is 23.3. The molecule has 49 heavy (non-hydrogen) atoms. The molecular formula is C38H38N8O3. The number of carbonyl (C=O) groups is 2. The number of rotatable bonds is 5. The highest BCUT2D eigenvalue weighted by Crippen LogP contribution is 2.35. The first-order valence-electron chi connectivity index (χ1n) is 15.9. The van der Waals surface area contributed by atoms with Gasteiger partial charge in [0.2, 0.25) is 5.91 Å². The third kappa shape index (κ3) is 6.99. The number of carbonyl (C=O) groups excluding carboxylic acids is 2. The van der Waals surface area contributed by atoms with Crippen LogP contribution in [0, 0.1) is 25.7 Å². The Morgan fingerprint density at radius 2 is 1.82 bits per heavy atom. The van der Waals surface area contributed by atoms with E-state index in [1.54, 1.807) is 50.8 Å². The Morgan fingerprint density at radius 3 is 2.55 bits per heavy atom. The summed E-state index contributed by atoms with van der Waals surface area (Å²) in [5.74, 6) is 6.45. The Labute approximate surface area is 285 Å². The zero-order chi connectivity index (χ0) is 35.0. The van der Waals surface area contributed by atoms with Crippen LogP contribution in [0.4, 0.5) is 10.6 Å². The lowest BCUT2D eigenvalue weighted by atomic mass is 10.0. The fraction of sp³-hybridized carbons (Fsp3) is 0.263. The van der Waals surface area contributed by atoms with Gasteiger partial charge in [0, 0.05) is 60.5 Å². The first-order valence-corrected chi connectivity index (χ1v) is 15.9. The van der Waals surface area contributed by atoms with Crippen molar-refractivity contribution in [1.29, 1.82) is 0 Å². The van der Waals surface area contributed by atoms with E-state index in [1.165, 1.54) is 11.9 Å². The van der Waals surface area contributed by atoms with E-state index in [9.17, 15) is 9.59 Å². The fourth-order valence-electron chi connectivity index (χ4n) is 5.40. The van der Waals surface area contributed by atoms with E-state index in [2.05, 4.69) is 27.2 Å². The molecule has 11 nitrogen and oxygen atoms in total. The number of pyridine rings is 3. The average Bonchev–Trinajstić information content (AvgIpc) is 3.65. The standard InChI is InChI=1S/C38H38N8O3/c1-23-16-18-46-33(19-23)43-34(28-21-40-44(7)22-28)35(46)30-12-14-32(42-36(47)25(3)45(8)37(48)49-38(4,5)6)41-31(30)13-10-26-9-11-29-24(2)39-17-15-27(29)20-26/h9,11-12,14-22,25H,1-8H3,(H,41,42,47). The molecule has 5 aromatic heterocycles. The predicted octanol–water partition coefficient (Wildman–Crippen LogP) is 6.56. The van der Waals surface area contributed by atoms with Gasteiger partial charge < -0.3 is 10.1 Å². The van der Waals surface area contributed by atoms with Gasteiger partial charge in [0.15, 0.2) is 0 Å². The summed E-state index contributed by atoms with van der Waals surface area (Å²) in [5.41, 5.74) is 6.40. The van der Waals surface area contributed by atoms with E-state index in [0.29, 0.717) is 5.69 Å². The third-order valence-electron chi connectivity index (χ3n) is 8.09. The van der Waals surface area contributed by atoms with Crippen molar-refractivity contribution in [1.82, 2.24) is 34.0 Å². The Bertz CT molecular complexity index is 2300. The van der Waals surface area contributed by atoms with Crippen LogP contribution in [0.1, 0.15) is 50.2 Å². The molecule has 0 spiro atoms. The number of imidazole rings is 1. The maximum Gasteiger partial charge on any atom is 0.410 e. The van der Waals surface area contributed by atoms with Crippen molar-refractivity contribution in [2.24, 2.45) is 7.05 Å². The van der Waals surface area contributed by atoms with E-state index < -0.39 is 23.6 Å². The van der Waals surface area contributed by atoms with Gasteiger partial charge in [-0.25, -0.2) is 14.8 Å². The van der Waals surface area contributed by atoms with E-state index in [1.807, 2.05) is 80.2 Å². The smallest absolute Gasteiger partial charge is 0.410 e. The van der Waals surface area contributed by atoms with Crippen molar-refractivity contribution in [3.05, 3.63) is 95.8 Å². The number of hydrogen-bond acceptors (Lipinski definition) is 7. The van der Waals surface area contributed by atoms with Crippen LogP contribution in [0.15, 0.2) is 73.3 Å². The highest BCUT2D eigenvalue weighted by molar-refractivity contribution is 5.96. The first kappa shape index (κ1) is 32.9. The van der Waals surface area contributed by atoms with Gasteiger partial charge in [-0.3, -0.25) is 23.8 Å². The molecular weight excluding hydrogens is 616 g/mol. The average molecular weight is 655 g/mol. The molecule has 0 saturated heterocycles.